The molecular weight excluding hydrogens is 335 g/mol. The lowest BCUT2D eigenvalue weighted by Crippen LogP contribution is -2.19. The third-order valence-electron chi connectivity index (χ3n) is 3.56. The third-order valence-corrected chi connectivity index (χ3v) is 4.30. The number of halogens is 2. The molecule has 1 aliphatic rings. The van der Waals surface area contributed by atoms with Crippen LogP contribution in [0.25, 0.3) is 0 Å². The summed E-state index contributed by atoms with van der Waals surface area (Å²) < 4.78 is 13.8. The zero-order chi connectivity index (χ0) is 14.7. The third kappa shape index (κ3) is 3.50. The number of hydrogen-bond acceptors (Lipinski definition) is 4. The fraction of sp³-hybridized carbons (Fsp3) is 0.333. The highest BCUT2D eigenvalue weighted by molar-refractivity contribution is 9.10. The predicted octanol–water partition coefficient (Wildman–Crippen LogP) is 3.59. The molecule has 0 saturated carbocycles. The monoisotopic (exact) mass is 350 g/mol. The normalized spacial score (nSPS) is 14.5. The average Bonchev–Trinajstić information content (AvgIpc) is 3.01. The largest absolute Gasteiger partial charge is 0.366 e. The van der Waals surface area contributed by atoms with Gasteiger partial charge in [-0.15, -0.1) is 0 Å². The molecule has 3 rings (SSSR count). The van der Waals surface area contributed by atoms with Gasteiger partial charge < -0.3 is 10.2 Å². The molecule has 1 fully saturated rings. The first-order chi connectivity index (χ1) is 10.2. The Kier molecular flexibility index (Phi) is 4.34. The molecule has 1 aromatic heterocycles. The highest BCUT2D eigenvalue weighted by Gasteiger charge is 2.14. The topological polar surface area (TPSA) is 41.0 Å². The van der Waals surface area contributed by atoms with E-state index in [9.17, 15) is 4.39 Å². The van der Waals surface area contributed by atoms with E-state index < -0.39 is 0 Å². The van der Waals surface area contributed by atoms with Gasteiger partial charge in [0.25, 0.3) is 0 Å². The van der Waals surface area contributed by atoms with Gasteiger partial charge in [0.05, 0.1) is 0 Å². The maximum atomic E-state index is 13.1. The van der Waals surface area contributed by atoms with E-state index in [0.717, 1.165) is 34.8 Å². The minimum absolute atomic E-state index is 0.246. The smallest absolute Gasteiger partial charge is 0.134 e. The fourth-order valence-electron chi connectivity index (χ4n) is 2.41. The lowest BCUT2D eigenvalue weighted by molar-refractivity contribution is 0.626. The van der Waals surface area contributed by atoms with Crippen LogP contribution in [0.2, 0.25) is 0 Å². The van der Waals surface area contributed by atoms with Gasteiger partial charge in [0.15, 0.2) is 0 Å². The van der Waals surface area contributed by atoms with Crippen molar-refractivity contribution >= 4 is 27.6 Å². The van der Waals surface area contributed by atoms with E-state index in [2.05, 4.69) is 36.1 Å². The number of benzene rings is 1. The molecule has 0 bridgehead atoms. The lowest BCUT2D eigenvalue weighted by atomic mass is 10.2. The molecule has 0 atom stereocenters. The van der Waals surface area contributed by atoms with Gasteiger partial charge in [-0.2, -0.15) is 0 Å². The van der Waals surface area contributed by atoms with Crippen LogP contribution in [0.1, 0.15) is 18.4 Å². The predicted molar refractivity (Wildman–Crippen MR) is 84.9 cm³/mol. The fourth-order valence-corrected chi connectivity index (χ4v) is 2.90. The van der Waals surface area contributed by atoms with E-state index in [4.69, 9.17) is 0 Å². The van der Waals surface area contributed by atoms with Crippen LogP contribution in [0.4, 0.5) is 16.0 Å². The van der Waals surface area contributed by atoms with Crippen LogP contribution in [-0.2, 0) is 6.54 Å². The zero-order valence-corrected chi connectivity index (χ0v) is 13.1. The Morgan fingerprint density at radius 3 is 2.76 bits per heavy atom. The highest BCUT2D eigenvalue weighted by Crippen LogP contribution is 2.21. The lowest BCUT2D eigenvalue weighted by Gasteiger charge is -2.16. The first-order valence-electron chi connectivity index (χ1n) is 6.97. The first-order valence-corrected chi connectivity index (χ1v) is 7.76. The van der Waals surface area contributed by atoms with Crippen LogP contribution in [-0.4, -0.2) is 23.1 Å². The average molecular weight is 351 g/mol. The summed E-state index contributed by atoms with van der Waals surface area (Å²) in [7, 11) is 0. The van der Waals surface area contributed by atoms with E-state index in [-0.39, 0.29) is 5.82 Å². The standard InChI is InChI=1S/C15H16BrFN4/c16-13-7-12(17)4-3-11(13)9-18-14-8-15(20-10-19-14)21-5-1-2-6-21/h3-4,7-8,10H,1-2,5-6,9H2,(H,18,19,20). The van der Waals surface area contributed by atoms with Crippen molar-refractivity contribution < 1.29 is 4.39 Å². The molecule has 2 aromatic rings. The van der Waals surface area contributed by atoms with Gasteiger partial charge in [0.1, 0.15) is 23.8 Å². The van der Waals surface area contributed by atoms with E-state index in [1.54, 1.807) is 12.4 Å². The Labute approximate surface area is 131 Å². The van der Waals surface area contributed by atoms with Crippen molar-refractivity contribution in [2.75, 3.05) is 23.3 Å². The maximum Gasteiger partial charge on any atom is 0.134 e. The first kappa shape index (κ1) is 14.3. The second kappa shape index (κ2) is 6.39. The van der Waals surface area contributed by atoms with Gasteiger partial charge in [0.2, 0.25) is 0 Å². The van der Waals surface area contributed by atoms with Crippen molar-refractivity contribution in [3.05, 3.63) is 46.4 Å². The molecule has 0 amide bonds. The van der Waals surface area contributed by atoms with Gasteiger partial charge >= 0.3 is 0 Å². The van der Waals surface area contributed by atoms with E-state index in [1.807, 2.05) is 6.07 Å². The molecular formula is C15H16BrFN4. The molecule has 6 heteroatoms. The molecule has 1 N–H and O–H groups in total. The van der Waals surface area contributed by atoms with Gasteiger partial charge in [0, 0.05) is 30.2 Å². The Balaban J connectivity index is 1.68. The Bertz CT molecular complexity index is 629. The van der Waals surface area contributed by atoms with Gasteiger partial charge in [-0.1, -0.05) is 22.0 Å². The number of nitrogens with one attached hydrogen (secondary N) is 1. The minimum atomic E-state index is -0.246. The number of anilines is 2. The zero-order valence-electron chi connectivity index (χ0n) is 11.5. The summed E-state index contributed by atoms with van der Waals surface area (Å²) in [6.45, 7) is 2.69. The molecule has 0 aliphatic carbocycles. The summed E-state index contributed by atoms with van der Waals surface area (Å²) in [4.78, 5) is 10.8. The molecule has 2 heterocycles. The number of rotatable bonds is 4. The molecule has 0 unspecified atom stereocenters. The summed E-state index contributed by atoms with van der Waals surface area (Å²) in [5, 5.41) is 3.25. The van der Waals surface area contributed by atoms with Crippen LogP contribution in [0.15, 0.2) is 35.1 Å². The van der Waals surface area contributed by atoms with E-state index in [1.165, 1.54) is 25.0 Å². The summed E-state index contributed by atoms with van der Waals surface area (Å²) in [5.74, 6) is 1.50. The van der Waals surface area contributed by atoms with Crippen molar-refractivity contribution in [3.8, 4) is 0 Å². The van der Waals surface area contributed by atoms with Crippen molar-refractivity contribution in [1.29, 1.82) is 0 Å². The minimum Gasteiger partial charge on any atom is -0.366 e. The second-order valence-corrected chi connectivity index (χ2v) is 5.90. The van der Waals surface area contributed by atoms with E-state index >= 15 is 0 Å². The van der Waals surface area contributed by atoms with Crippen LogP contribution in [0, 0.1) is 5.82 Å². The Hall–Kier alpha value is -1.69. The Morgan fingerprint density at radius 2 is 2.00 bits per heavy atom. The SMILES string of the molecule is Fc1ccc(CNc2cc(N3CCCC3)ncn2)c(Br)c1. The Morgan fingerprint density at radius 1 is 1.19 bits per heavy atom. The second-order valence-electron chi connectivity index (χ2n) is 5.04. The van der Waals surface area contributed by atoms with Crippen LogP contribution in [0.3, 0.4) is 0 Å². The van der Waals surface area contributed by atoms with Gasteiger partial charge in [-0.25, -0.2) is 14.4 Å². The molecule has 0 spiro atoms. The molecule has 4 nitrogen and oxygen atoms in total. The summed E-state index contributed by atoms with van der Waals surface area (Å²) >= 11 is 3.37. The molecule has 0 radical (unpaired) electrons. The molecule has 1 aromatic carbocycles. The summed E-state index contributed by atoms with van der Waals surface area (Å²) in [5.41, 5.74) is 0.984. The maximum absolute atomic E-state index is 13.1. The highest BCUT2D eigenvalue weighted by atomic mass is 79.9. The molecule has 1 saturated heterocycles. The number of aromatic nitrogens is 2. The van der Waals surface area contributed by atoms with Crippen molar-refractivity contribution in [2.24, 2.45) is 0 Å². The molecule has 21 heavy (non-hydrogen) atoms. The summed E-state index contributed by atoms with van der Waals surface area (Å²) in [6, 6.07) is 6.64. The van der Waals surface area contributed by atoms with Crippen molar-refractivity contribution in [1.82, 2.24) is 9.97 Å². The summed E-state index contributed by atoms with van der Waals surface area (Å²) in [6.07, 6.45) is 4.01. The number of hydrogen-bond donors (Lipinski definition) is 1. The number of nitrogens with zero attached hydrogens (tertiary/aromatic N) is 3. The van der Waals surface area contributed by atoms with Crippen molar-refractivity contribution in [3.63, 3.8) is 0 Å². The quantitative estimate of drug-likeness (QED) is 0.914. The van der Waals surface area contributed by atoms with E-state index in [0.29, 0.717) is 6.54 Å². The van der Waals surface area contributed by atoms with Crippen LogP contribution in [0.5, 0.6) is 0 Å². The van der Waals surface area contributed by atoms with Gasteiger partial charge in [-0.05, 0) is 30.5 Å². The van der Waals surface area contributed by atoms with Crippen LogP contribution < -0.4 is 10.2 Å². The van der Waals surface area contributed by atoms with Crippen molar-refractivity contribution in [2.45, 2.75) is 19.4 Å². The molecule has 1 aliphatic heterocycles. The molecule has 110 valence electrons. The van der Waals surface area contributed by atoms with Gasteiger partial charge in [-0.3, -0.25) is 0 Å². The van der Waals surface area contributed by atoms with Crippen LogP contribution >= 0.6 is 15.9 Å².